The van der Waals surface area contributed by atoms with Gasteiger partial charge in [0.25, 0.3) is 5.91 Å². The minimum absolute atomic E-state index is 0.140. The van der Waals surface area contributed by atoms with Crippen LogP contribution in [0.2, 0.25) is 0 Å². The molecule has 0 saturated carbocycles. The van der Waals surface area contributed by atoms with Crippen LogP contribution in [0.5, 0.6) is 11.5 Å². The summed E-state index contributed by atoms with van der Waals surface area (Å²) in [5.41, 5.74) is 0. The first-order valence-corrected chi connectivity index (χ1v) is 10.6. The highest BCUT2D eigenvalue weighted by Gasteiger charge is 2.20. The van der Waals surface area contributed by atoms with E-state index in [-0.39, 0.29) is 5.91 Å². The molecule has 2 aromatic rings. The van der Waals surface area contributed by atoms with E-state index in [2.05, 4.69) is 11.4 Å². The monoisotopic (exact) mass is 417 g/mol. The van der Waals surface area contributed by atoms with Crippen LogP contribution in [0.25, 0.3) is 16.2 Å². The highest BCUT2D eigenvalue weighted by molar-refractivity contribution is 8.26. The van der Waals surface area contributed by atoms with Crippen molar-refractivity contribution < 1.29 is 14.3 Å². The zero-order valence-corrected chi connectivity index (χ0v) is 17.4. The van der Waals surface area contributed by atoms with Gasteiger partial charge in [0.1, 0.15) is 4.32 Å². The van der Waals surface area contributed by atoms with Gasteiger partial charge in [0, 0.05) is 15.6 Å². The molecule has 0 spiro atoms. The molecule has 3 rings (SSSR count). The molecule has 1 saturated heterocycles. The van der Waals surface area contributed by atoms with Crippen LogP contribution < -0.4 is 14.8 Å². The molecule has 0 bridgehead atoms. The van der Waals surface area contributed by atoms with Crippen molar-refractivity contribution in [1.82, 2.24) is 5.32 Å². The van der Waals surface area contributed by atoms with Gasteiger partial charge in [0.05, 0.1) is 18.1 Å². The smallest absolute Gasteiger partial charge is 0.263 e. The van der Waals surface area contributed by atoms with Crippen LogP contribution in [0, 0.1) is 0 Å². The third-order valence-corrected chi connectivity index (χ3v) is 5.82. The summed E-state index contributed by atoms with van der Waals surface area (Å²) in [6.07, 6.45) is 9.47. The fourth-order valence-corrected chi connectivity index (χ4v) is 4.46. The van der Waals surface area contributed by atoms with Gasteiger partial charge in [-0.25, -0.2) is 0 Å². The summed E-state index contributed by atoms with van der Waals surface area (Å²) in [5, 5.41) is 3.72. The van der Waals surface area contributed by atoms with Gasteiger partial charge in [0.2, 0.25) is 0 Å². The van der Waals surface area contributed by atoms with Gasteiger partial charge in [-0.15, -0.1) is 11.3 Å². The molecule has 27 heavy (non-hydrogen) atoms. The van der Waals surface area contributed by atoms with Crippen molar-refractivity contribution in [2.24, 2.45) is 0 Å². The first-order chi connectivity index (χ1) is 13.1. The van der Waals surface area contributed by atoms with Gasteiger partial charge < -0.3 is 14.8 Å². The molecule has 1 aliphatic heterocycles. The van der Waals surface area contributed by atoms with Gasteiger partial charge in [-0.1, -0.05) is 42.2 Å². The van der Waals surface area contributed by atoms with E-state index in [0.717, 1.165) is 26.5 Å². The number of thioether (sulfide) groups is 1. The van der Waals surface area contributed by atoms with Crippen molar-refractivity contribution in [3.63, 3.8) is 0 Å². The Balaban J connectivity index is 1.74. The molecule has 0 atom stereocenters. The molecule has 0 radical (unpaired) electrons. The minimum atomic E-state index is -0.140. The molecule has 1 N–H and O–H groups in total. The van der Waals surface area contributed by atoms with E-state index >= 15 is 0 Å². The molecule has 0 aliphatic carbocycles. The third-order valence-electron chi connectivity index (χ3n) is 3.57. The van der Waals surface area contributed by atoms with Gasteiger partial charge in [-0.2, -0.15) is 0 Å². The van der Waals surface area contributed by atoms with Crippen molar-refractivity contribution in [2.75, 3.05) is 13.2 Å². The fourth-order valence-electron chi connectivity index (χ4n) is 2.48. The van der Waals surface area contributed by atoms with E-state index in [1.54, 1.807) is 17.4 Å². The van der Waals surface area contributed by atoms with Crippen molar-refractivity contribution >= 4 is 61.7 Å². The Hall–Kier alpha value is -2.09. The average molecular weight is 418 g/mol. The Morgan fingerprint density at radius 2 is 1.81 bits per heavy atom. The molecule has 7 heteroatoms. The molecule has 1 aromatic heterocycles. The lowest BCUT2D eigenvalue weighted by atomic mass is 10.2. The van der Waals surface area contributed by atoms with E-state index in [1.807, 2.05) is 50.3 Å². The average Bonchev–Trinajstić information content (AvgIpc) is 3.17. The Morgan fingerprint density at radius 1 is 1.07 bits per heavy atom. The standard InChI is InChI=1S/C20H19NO3S3/c1-3-23-15-11-13-10-14(26-18(13)12-16(15)24-4-2)8-6-5-7-9-17-19(22)21-20(25)27-17/h5-12H,3-4H2,1-2H3,(H,21,22,25). The van der Waals surface area contributed by atoms with Crippen molar-refractivity contribution in [3.8, 4) is 11.5 Å². The number of allylic oxidation sites excluding steroid dienone is 4. The number of thiophene rings is 1. The number of fused-ring (bicyclic) bond motifs is 1. The van der Waals surface area contributed by atoms with E-state index in [4.69, 9.17) is 21.7 Å². The quantitative estimate of drug-likeness (QED) is 0.376. The van der Waals surface area contributed by atoms with E-state index in [1.165, 1.54) is 11.8 Å². The minimum Gasteiger partial charge on any atom is -0.490 e. The lowest BCUT2D eigenvalue weighted by Gasteiger charge is -2.10. The van der Waals surface area contributed by atoms with Crippen LogP contribution in [0.15, 0.2) is 47.4 Å². The maximum atomic E-state index is 11.6. The number of carbonyl (C=O) groups is 1. The zero-order chi connectivity index (χ0) is 19.2. The summed E-state index contributed by atoms with van der Waals surface area (Å²) >= 11 is 7.92. The normalized spacial score (nSPS) is 16.1. The highest BCUT2D eigenvalue weighted by atomic mass is 32.2. The molecule has 140 valence electrons. The largest absolute Gasteiger partial charge is 0.490 e. The predicted molar refractivity (Wildman–Crippen MR) is 119 cm³/mol. The number of rotatable bonds is 7. The second-order valence-corrected chi connectivity index (χ2v) is 8.30. The van der Waals surface area contributed by atoms with Gasteiger partial charge in [-0.05, 0) is 43.5 Å². The Labute approximate surface area is 171 Å². The molecular weight excluding hydrogens is 398 g/mol. The third kappa shape index (κ3) is 5.00. The Bertz CT molecular complexity index is 914. The molecule has 1 aromatic carbocycles. The van der Waals surface area contributed by atoms with E-state index in [0.29, 0.717) is 22.4 Å². The van der Waals surface area contributed by atoms with Crippen LogP contribution >= 0.6 is 35.3 Å². The number of nitrogens with one attached hydrogen (secondary N) is 1. The predicted octanol–water partition coefficient (Wildman–Crippen LogP) is 5.30. The topological polar surface area (TPSA) is 47.6 Å². The number of hydrogen-bond donors (Lipinski definition) is 1. The molecule has 0 unspecified atom stereocenters. The van der Waals surface area contributed by atoms with Crippen LogP contribution in [0.1, 0.15) is 18.7 Å². The molecular formula is C20H19NO3S3. The van der Waals surface area contributed by atoms with Crippen molar-refractivity contribution in [1.29, 1.82) is 0 Å². The molecule has 1 aliphatic rings. The number of thiocarbonyl (C=S) groups is 1. The van der Waals surface area contributed by atoms with Crippen molar-refractivity contribution in [3.05, 3.63) is 52.3 Å². The summed E-state index contributed by atoms with van der Waals surface area (Å²) < 4.78 is 13.0. The van der Waals surface area contributed by atoms with Crippen LogP contribution in [0.4, 0.5) is 0 Å². The van der Waals surface area contributed by atoms with Gasteiger partial charge in [-0.3, -0.25) is 4.79 Å². The first kappa shape index (κ1) is 19.7. The maximum absolute atomic E-state index is 11.6. The molecule has 1 amide bonds. The number of carbonyl (C=O) groups excluding carboxylic acids is 1. The lowest BCUT2D eigenvalue weighted by Crippen LogP contribution is -2.17. The van der Waals surface area contributed by atoms with E-state index < -0.39 is 0 Å². The maximum Gasteiger partial charge on any atom is 0.263 e. The summed E-state index contributed by atoms with van der Waals surface area (Å²) in [4.78, 5) is 13.3. The van der Waals surface area contributed by atoms with Crippen LogP contribution in [-0.2, 0) is 4.79 Å². The molecule has 2 heterocycles. The number of hydrogen-bond acceptors (Lipinski definition) is 6. The second kappa shape index (κ2) is 9.21. The Morgan fingerprint density at radius 3 is 2.48 bits per heavy atom. The molecule has 1 fully saturated rings. The highest BCUT2D eigenvalue weighted by Crippen LogP contribution is 2.37. The summed E-state index contributed by atoms with van der Waals surface area (Å²) in [7, 11) is 0. The zero-order valence-electron chi connectivity index (χ0n) is 15.0. The van der Waals surface area contributed by atoms with Crippen molar-refractivity contribution in [2.45, 2.75) is 13.8 Å². The second-order valence-electron chi connectivity index (χ2n) is 5.47. The summed E-state index contributed by atoms with van der Waals surface area (Å²) in [5.74, 6) is 1.41. The molecule has 4 nitrogen and oxygen atoms in total. The SMILES string of the molecule is CCOc1cc2cc(C=CC=CC=C3SC(=S)NC3=O)sc2cc1OCC. The van der Waals surface area contributed by atoms with Gasteiger partial charge >= 0.3 is 0 Å². The fraction of sp³-hybridized carbons (Fsp3) is 0.200. The number of amides is 1. The Kier molecular flexibility index (Phi) is 6.71. The first-order valence-electron chi connectivity index (χ1n) is 8.52. The van der Waals surface area contributed by atoms with Gasteiger partial charge in [0.15, 0.2) is 11.5 Å². The van der Waals surface area contributed by atoms with Crippen LogP contribution in [0.3, 0.4) is 0 Å². The van der Waals surface area contributed by atoms with Crippen LogP contribution in [-0.4, -0.2) is 23.4 Å². The number of benzene rings is 1. The lowest BCUT2D eigenvalue weighted by molar-refractivity contribution is -0.115. The number of ether oxygens (including phenoxy) is 2. The summed E-state index contributed by atoms with van der Waals surface area (Å²) in [6.45, 7) is 5.13. The van der Waals surface area contributed by atoms with E-state index in [9.17, 15) is 4.79 Å². The summed E-state index contributed by atoms with van der Waals surface area (Å²) in [6, 6.07) is 6.18.